The summed E-state index contributed by atoms with van der Waals surface area (Å²) in [5.74, 6) is -2.22. The van der Waals surface area contributed by atoms with Crippen LogP contribution in [0, 0.1) is 11.6 Å². The molecule has 0 bridgehead atoms. The Labute approximate surface area is 140 Å². The number of hydrogen-bond acceptors (Lipinski definition) is 3. The molecule has 0 aliphatic carbocycles. The number of carbonyl (C=O) groups is 2. The highest BCUT2D eigenvalue weighted by atomic mass is 35.5. The van der Waals surface area contributed by atoms with Crippen molar-refractivity contribution < 1.29 is 18.4 Å². The highest BCUT2D eigenvalue weighted by molar-refractivity contribution is 5.85. The van der Waals surface area contributed by atoms with Crippen molar-refractivity contribution in [1.82, 2.24) is 16.0 Å². The van der Waals surface area contributed by atoms with Gasteiger partial charge in [0.15, 0.2) is 0 Å². The van der Waals surface area contributed by atoms with Crippen LogP contribution in [-0.4, -0.2) is 31.4 Å². The fraction of sp³-hybridized carbons (Fsp3) is 0.467. The summed E-state index contributed by atoms with van der Waals surface area (Å²) in [5.41, 5.74) is 0.0819. The maximum atomic E-state index is 13.8. The van der Waals surface area contributed by atoms with Crippen LogP contribution in [0.2, 0.25) is 0 Å². The van der Waals surface area contributed by atoms with Crippen LogP contribution in [0.15, 0.2) is 18.2 Å². The Morgan fingerprint density at radius 1 is 1.22 bits per heavy atom. The van der Waals surface area contributed by atoms with Crippen molar-refractivity contribution in [3.63, 3.8) is 0 Å². The van der Waals surface area contributed by atoms with Crippen molar-refractivity contribution >= 4 is 24.2 Å². The van der Waals surface area contributed by atoms with E-state index in [1.807, 2.05) is 6.92 Å². The number of nitrogens with one attached hydrogen (secondary N) is 3. The largest absolute Gasteiger partial charge is 0.355 e. The smallest absolute Gasteiger partial charge is 0.222 e. The molecule has 2 amide bonds. The quantitative estimate of drug-likeness (QED) is 0.625. The normalized spacial score (nSPS) is 11.3. The van der Waals surface area contributed by atoms with Crippen LogP contribution in [0.4, 0.5) is 8.78 Å². The van der Waals surface area contributed by atoms with E-state index in [9.17, 15) is 18.4 Å². The van der Waals surface area contributed by atoms with Gasteiger partial charge in [0, 0.05) is 31.6 Å². The van der Waals surface area contributed by atoms with Gasteiger partial charge in [0.1, 0.15) is 11.6 Å². The average Bonchev–Trinajstić information content (AvgIpc) is 2.42. The lowest BCUT2D eigenvalue weighted by molar-refractivity contribution is -0.122. The Bertz CT molecular complexity index is 529. The monoisotopic (exact) mass is 349 g/mol. The zero-order chi connectivity index (χ0) is 16.5. The van der Waals surface area contributed by atoms with Gasteiger partial charge in [-0.1, -0.05) is 13.0 Å². The van der Waals surface area contributed by atoms with Gasteiger partial charge in [0.05, 0.1) is 12.5 Å². The molecule has 0 aromatic heterocycles. The van der Waals surface area contributed by atoms with E-state index >= 15 is 0 Å². The molecular weight excluding hydrogens is 328 g/mol. The van der Waals surface area contributed by atoms with Crippen LogP contribution in [0.5, 0.6) is 0 Å². The van der Waals surface area contributed by atoms with Gasteiger partial charge >= 0.3 is 0 Å². The molecule has 1 rings (SSSR count). The first-order valence-electron chi connectivity index (χ1n) is 7.13. The summed E-state index contributed by atoms with van der Waals surface area (Å²) >= 11 is 0. The third-order valence-electron chi connectivity index (χ3n) is 2.98. The lowest BCUT2D eigenvalue weighted by Crippen LogP contribution is -2.36. The van der Waals surface area contributed by atoms with E-state index in [2.05, 4.69) is 16.0 Å². The van der Waals surface area contributed by atoms with E-state index in [4.69, 9.17) is 0 Å². The van der Waals surface area contributed by atoms with Crippen LogP contribution < -0.4 is 16.0 Å². The fourth-order valence-corrected chi connectivity index (χ4v) is 1.99. The van der Waals surface area contributed by atoms with Gasteiger partial charge in [-0.15, -0.1) is 12.4 Å². The summed E-state index contributed by atoms with van der Waals surface area (Å²) < 4.78 is 26.8. The van der Waals surface area contributed by atoms with Crippen molar-refractivity contribution in [3.8, 4) is 0 Å². The summed E-state index contributed by atoms with van der Waals surface area (Å²) in [4.78, 5) is 23.1. The Morgan fingerprint density at radius 3 is 2.48 bits per heavy atom. The zero-order valence-corrected chi connectivity index (χ0v) is 13.9. The number of benzene rings is 1. The summed E-state index contributed by atoms with van der Waals surface area (Å²) in [6.07, 6.45) is -0.117. The highest BCUT2D eigenvalue weighted by Gasteiger charge is 2.20. The topological polar surface area (TPSA) is 70.2 Å². The van der Waals surface area contributed by atoms with E-state index < -0.39 is 23.6 Å². The first kappa shape index (κ1) is 21.3. The van der Waals surface area contributed by atoms with Crippen LogP contribution in [0.3, 0.4) is 0 Å². The van der Waals surface area contributed by atoms with Crippen molar-refractivity contribution in [2.45, 2.75) is 26.3 Å². The lowest BCUT2D eigenvalue weighted by atomic mass is 10.0. The number of likely N-dealkylation sites (N-methyl/N-ethyl adjacent to an activating group) is 1. The molecule has 0 saturated carbocycles. The number of rotatable bonds is 8. The minimum atomic E-state index is -0.836. The molecule has 1 atom stereocenters. The molecule has 0 saturated heterocycles. The molecule has 0 aliphatic heterocycles. The molecule has 23 heavy (non-hydrogen) atoms. The van der Waals surface area contributed by atoms with Crippen molar-refractivity contribution in [3.05, 3.63) is 35.4 Å². The highest BCUT2D eigenvalue weighted by Crippen LogP contribution is 2.21. The van der Waals surface area contributed by atoms with Crippen molar-refractivity contribution in [1.29, 1.82) is 0 Å². The SMILES string of the molecule is CCNCCNC(=O)CC(NC(C)=O)c1ccc(F)cc1F.Cl. The first-order chi connectivity index (χ1) is 10.4. The van der Waals surface area contributed by atoms with Gasteiger partial charge in [-0.05, 0) is 12.6 Å². The third kappa shape index (κ3) is 7.90. The van der Waals surface area contributed by atoms with Crippen molar-refractivity contribution in [2.75, 3.05) is 19.6 Å². The number of amides is 2. The Morgan fingerprint density at radius 2 is 1.91 bits per heavy atom. The predicted molar refractivity (Wildman–Crippen MR) is 86.3 cm³/mol. The second-order valence-electron chi connectivity index (χ2n) is 4.83. The van der Waals surface area contributed by atoms with Gasteiger partial charge in [0.2, 0.25) is 11.8 Å². The second kappa shape index (κ2) is 10.9. The molecule has 0 heterocycles. The van der Waals surface area contributed by atoms with Gasteiger partial charge in [-0.3, -0.25) is 9.59 Å². The predicted octanol–water partition coefficient (Wildman–Crippen LogP) is 1.68. The maximum absolute atomic E-state index is 13.8. The first-order valence-corrected chi connectivity index (χ1v) is 7.13. The lowest BCUT2D eigenvalue weighted by Gasteiger charge is -2.18. The Kier molecular flexibility index (Phi) is 10.1. The minimum Gasteiger partial charge on any atom is -0.355 e. The van der Waals surface area contributed by atoms with Crippen molar-refractivity contribution in [2.24, 2.45) is 0 Å². The Balaban J connectivity index is 0.00000484. The van der Waals surface area contributed by atoms with Gasteiger partial charge in [-0.2, -0.15) is 0 Å². The summed E-state index contributed by atoms with van der Waals surface area (Å²) in [6, 6.07) is 2.22. The molecule has 1 aromatic rings. The van der Waals surface area contributed by atoms with Gasteiger partial charge in [0.25, 0.3) is 0 Å². The van der Waals surface area contributed by atoms with E-state index in [-0.39, 0.29) is 30.3 Å². The van der Waals surface area contributed by atoms with E-state index in [0.717, 1.165) is 18.7 Å². The molecule has 1 aromatic carbocycles. The van der Waals surface area contributed by atoms with Gasteiger partial charge in [-0.25, -0.2) is 8.78 Å². The molecule has 0 radical (unpaired) electrons. The molecule has 3 N–H and O–H groups in total. The summed E-state index contributed by atoms with van der Waals surface area (Å²) in [5, 5.41) is 8.23. The average molecular weight is 350 g/mol. The minimum absolute atomic E-state index is 0. The molecule has 130 valence electrons. The molecule has 0 spiro atoms. The third-order valence-corrected chi connectivity index (χ3v) is 2.98. The fourth-order valence-electron chi connectivity index (χ4n) is 1.99. The van der Waals surface area contributed by atoms with E-state index in [0.29, 0.717) is 13.1 Å². The summed E-state index contributed by atoms with van der Waals surface area (Å²) in [7, 11) is 0. The molecule has 1 unspecified atom stereocenters. The Hall–Kier alpha value is -1.73. The molecule has 0 aliphatic rings. The maximum Gasteiger partial charge on any atom is 0.222 e. The van der Waals surface area contributed by atoms with Crippen LogP contribution in [-0.2, 0) is 9.59 Å². The van der Waals surface area contributed by atoms with Crippen LogP contribution in [0.25, 0.3) is 0 Å². The molecule has 0 fully saturated rings. The van der Waals surface area contributed by atoms with E-state index in [1.54, 1.807) is 0 Å². The molecular formula is C15H22ClF2N3O2. The summed E-state index contributed by atoms with van der Waals surface area (Å²) in [6.45, 7) is 5.08. The molecule has 5 nitrogen and oxygen atoms in total. The zero-order valence-electron chi connectivity index (χ0n) is 13.1. The molecule has 8 heteroatoms. The van der Waals surface area contributed by atoms with E-state index in [1.165, 1.54) is 13.0 Å². The standard InChI is InChI=1S/C15H21F2N3O2.ClH/c1-3-18-6-7-19-15(22)9-14(20-10(2)21)12-5-4-11(16)8-13(12)17;/h4-5,8,14,18H,3,6-7,9H2,1-2H3,(H,19,22)(H,20,21);1H. The van der Waals surface area contributed by atoms with Crippen LogP contribution >= 0.6 is 12.4 Å². The number of carbonyl (C=O) groups excluding carboxylic acids is 2. The number of hydrogen-bond donors (Lipinski definition) is 3. The second-order valence-corrected chi connectivity index (χ2v) is 4.83. The number of halogens is 3. The van der Waals surface area contributed by atoms with Gasteiger partial charge < -0.3 is 16.0 Å². The van der Waals surface area contributed by atoms with Crippen LogP contribution in [0.1, 0.15) is 31.9 Å².